The molecule has 6 nitrogen and oxygen atoms in total. The Hall–Kier alpha value is -10.2. The Morgan fingerprint density at radius 3 is 1.23 bits per heavy atom. The second-order valence-corrected chi connectivity index (χ2v) is 19.2. The largest absolute Gasteiger partial charge is 0.309 e. The molecule has 0 N–H and O–H groups in total. The van der Waals surface area contributed by atoms with Crippen molar-refractivity contribution in [2.75, 3.05) is 0 Å². The third-order valence-corrected chi connectivity index (χ3v) is 14.9. The fourth-order valence-corrected chi connectivity index (χ4v) is 11.5. The van der Waals surface area contributed by atoms with Crippen LogP contribution in [0.3, 0.4) is 0 Å². The van der Waals surface area contributed by atoms with Crippen LogP contribution in [0.5, 0.6) is 0 Å². The molecule has 0 saturated carbocycles. The van der Waals surface area contributed by atoms with Crippen LogP contribution in [-0.2, 0) is 0 Å². The third kappa shape index (κ3) is 6.99. The number of fused-ring (bicyclic) bond motifs is 9. The predicted octanol–water partition coefficient (Wildman–Crippen LogP) is 17.5. The summed E-state index contributed by atoms with van der Waals surface area (Å²) < 4.78 is 7.28. The monoisotopic (exact) mass is 956 g/mol. The average molecular weight is 957 g/mol. The van der Waals surface area contributed by atoms with E-state index in [1.54, 1.807) is 0 Å². The van der Waals surface area contributed by atoms with Crippen molar-refractivity contribution in [3.63, 3.8) is 0 Å². The Balaban J connectivity index is 0.946. The molecule has 11 aromatic carbocycles. The maximum atomic E-state index is 5.10. The molecule has 0 atom stereocenters. The molecule has 6 heteroatoms. The van der Waals surface area contributed by atoms with Crippen LogP contribution in [0.25, 0.3) is 139 Å². The standard InChI is InChI=1S/C69H44N6/c1-4-19-45(20-5-1)67-70-68(46-21-6-2-7-22-46)72-69(71-67)50-24-18-23-47(41-50)48-36-39-64(75-62-33-16-12-29-55(62)56-30-13-17-34-63(56)75)58(42-48)49-35-38-57-59-44-52(37-40-65(59)73(66(57)43-49)51-25-8-3-9-26-51)74-60-31-14-10-27-53(60)54-28-11-15-32-61(54)74/h1-44H. The van der Waals surface area contributed by atoms with Gasteiger partial charge < -0.3 is 13.7 Å². The third-order valence-electron chi connectivity index (χ3n) is 14.9. The van der Waals surface area contributed by atoms with Crippen LogP contribution in [-0.4, -0.2) is 28.7 Å². The van der Waals surface area contributed by atoms with Crippen molar-refractivity contribution in [3.05, 3.63) is 267 Å². The average Bonchev–Trinajstić information content (AvgIpc) is 4.13. The van der Waals surface area contributed by atoms with E-state index in [0.717, 1.165) is 78.1 Å². The molecule has 75 heavy (non-hydrogen) atoms. The minimum Gasteiger partial charge on any atom is -0.309 e. The van der Waals surface area contributed by atoms with Crippen LogP contribution >= 0.6 is 0 Å². The van der Waals surface area contributed by atoms with Crippen LogP contribution in [0.4, 0.5) is 0 Å². The number of rotatable bonds is 8. The molecular formula is C69H44N6. The van der Waals surface area contributed by atoms with Gasteiger partial charge in [0, 0.05) is 65.9 Å². The summed E-state index contributed by atoms with van der Waals surface area (Å²) in [5, 5.41) is 7.31. The van der Waals surface area contributed by atoms with Gasteiger partial charge in [-0.25, -0.2) is 15.0 Å². The summed E-state index contributed by atoms with van der Waals surface area (Å²) in [5.41, 5.74) is 17.5. The minimum absolute atomic E-state index is 0.618. The first-order valence-electron chi connectivity index (χ1n) is 25.4. The molecule has 0 spiro atoms. The number of hydrogen-bond acceptors (Lipinski definition) is 3. The molecule has 0 amide bonds. The van der Waals surface area contributed by atoms with Gasteiger partial charge in [-0.3, -0.25) is 0 Å². The van der Waals surface area contributed by atoms with E-state index in [4.69, 9.17) is 15.0 Å². The van der Waals surface area contributed by atoms with E-state index in [1.807, 2.05) is 60.7 Å². The van der Waals surface area contributed by atoms with Gasteiger partial charge in [-0.1, -0.05) is 188 Å². The molecule has 0 bridgehead atoms. The topological polar surface area (TPSA) is 53.5 Å². The Morgan fingerprint density at radius 1 is 0.213 bits per heavy atom. The minimum atomic E-state index is 0.618. The quantitative estimate of drug-likeness (QED) is 0.152. The molecule has 0 fully saturated rings. The molecule has 15 rings (SSSR count). The molecule has 350 valence electrons. The second kappa shape index (κ2) is 17.3. The second-order valence-electron chi connectivity index (χ2n) is 19.2. The van der Waals surface area contributed by atoms with E-state index in [2.05, 4.69) is 220 Å². The Morgan fingerprint density at radius 2 is 0.640 bits per heavy atom. The summed E-state index contributed by atoms with van der Waals surface area (Å²) in [6.07, 6.45) is 0. The SMILES string of the molecule is c1ccc(-c2nc(-c3ccccc3)nc(-c3cccc(-c4ccc(-n5c6ccccc6c6ccccc65)c(-c5ccc6c7cc(-n8c9ccccc9c9ccccc98)ccc7n(-c7ccccc7)c6c5)c4)c3)n2)cc1. The van der Waals surface area contributed by atoms with Gasteiger partial charge in [0.15, 0.2) is 17.5 Å². The Labute approximate surface area is 432 Å². The molecule has 4 heterocycles. The van der Waals surface area contributed by atoms with Crippen molar-refractivity contribution in [1.82, 2.24) is 28.7 Å². The fourth-order valence-electron chi connectivity index (χ4n) is 11.5. The molecule has 0 radical (unpaired) electrons. The van der Waals surface area contributed by atoms with E-state index in [9.17, 15) is 0 Å². The van der Waals surface area contributed by atoms with E-state index < -0.39 is 0 Å². The zero-order chi connectivity index (χ0) is 49.4. The highest BCUT2D eigenvalue weighted by molar-refractivity contribution is 6.14. The highest BCUT2D eigenvalue weighted by Crippen LogP contribution is 2.42. The highest BCUT2D eigenvalue weighted by atomic mass is 15.0. The number of para-hydroxylation sites is 5. The van der Waals surface area contributed by atoms with Crippen LogP contribution in [0.2, 0.25) is 0 Å². The van der Waals surface area contributed by atoms with E-state index in [1.165, 1.54) is 43.4 Å². The van der Waals surface area contributed by atoms with Crippen molar-refractivity contribution in [3.8, 4) is 73.5 Å². The molecule has 0 unspecified atom stereocenters. The smallest absolute Gasteiger partial charge is 0.164 e. The number of hydrogen-bond donors (Lipinski definition) is 0. The molecule has 0 saturated heterocycles. The number of nitrogens with zero attached hydrogens (tertiary/aromatic N) is 6. The number of benzene rings is 11. The lowest BCUT2D eigenvalue weighted by atomic mass is 9.95. The van der Waals surface area contributed by atoms with Crippen LogP contribution in [0, 0.1) is 0 Å². The lowest BCUT2D eigenvalue weighted by molar-refractivity contribution is 1.07. The number of aromatic nitrogens is 6. The summed E-state index contributed by atoms with van der Waals surface area (Å²) in [7, 11) is 0. The first-order chi connectivity index (χ1) is 37.2. The van der Waals surface area contributed by atoms with E-state index in [-0.39, 0.29) is 0 Å². The fraction of sp³-hybridized carbons (Fsp3) is 0. The van der Waals surface area contributed by atoms with Gasteiger partial charge in [0.25, 0.3) is 0 Å². The maximum absolute atomic E-state index is 5.10. The van der Waals surface area contributed by atoms with Crippen molar-refractivity contribution < 1.29 is 0 Å². The first-order valence-corrected chi connectivity index (χ1v) is 25.4. The molecule has 4 aromatic heterocycles. The Kier molecular flexibility index (Phi) is 9.78. The molecule has 0 aliphatic rings. The summed E-state index contributed by atoms with van der Waals surface area (Å²) in [6.45, 7) is 0. The zero-order valence-electron chi connectivity index (χ0n) is 40.6. The lowest BCUT2D eigenvalue weighted by Crippen LogP contribution is -2.00. The first kappa shape index (κ1) is 42.5. The van der Waals surface area contributed by atoms with Gasteiger partial charge in [0.05, 0.1) is 38.8 Å². The lowest BCUT2D eigenvalue weighted by Gasteiger charge is -2.17. The Bertz CT molecular complexity index is 4540. The maximum Gasteiger partial charge on any atom is 0.164 e. The molecular weight excluding hydrogens is 913 g/mol. The van der Waals surface area contributed by atoms with Crippen LogP contribution < -0.4 is 0 Å². The van der Waals surface area contributed by atoms with Gasteiger partial charge in [0.2, 0.25) is 0 Å². The van der Waals surface area contributed by atoms with Crippen molar-refractivity contribution in [2.24, 2.45) is 0 Å². The van der Waals surface area contributed by atoms with Crippen molar-refractivity contribution in [2.45, 2.75) is 0 Å². The van der Waals surface area contributed by atoms with Crippen LogP contribution in [0.1, 0.15) is 0 Å². The van der Waals surface area contributed by atoms with E-state index in [0.29, 0.717) is 17.5 Å². The van der Waals surface area contributed by atoms with Gasteiger partial charge >= 0.3 is 0 Å². The summed E-state index contributed by atoms with van der Waals surface area (Å²) in [5.74, 6) is 1.88. The van der Waals surface area contributed by atoms with Gasteiger partial charge in [-0.15, -0.1) is 0 Å². The van der Waals surface area contributed by atoms with Crippen molar-refractivity contribution in [1.29, 1.82) is 0 Å². The summed E-state index contributed by atoms with van der Waals surface area (Å²) in [6, 6.07) is 95.6. The van der Waals surface area contributed by atoms with Crippen molar-refractivity contribution >= 4 is 65.4 Å². The van der Waals surface area contributed by atoms with E-state index >= 15 is 0 Å². The summed E-state index contributed by atoms with van der Waals surface area (Å²) in [4.78, 5) is 15.2. The normalized spacial score (nSPS) is 11.7. The zero-order valence-corrected chi connectivity index (χ0v) is 40.6. The van der Waals surface area contributed by atoms with Gasteiger partial charge in [-0.05, 0) is 95.6 Å². The van der Waals surface area contributed by atoms with Crippen LogP contribution in [0.15, 0.2) is 267 Å². The molecule has 0 aliphatic heterocycles. The summed E-state index contributed by atoms with van der Waals surface area (Å²) >= 11 is 0. The van der Waals surface area contributed by atoms with Gasteiger partial charge in [0.1, 0.15) is 0 Å². The molecule has 15 aromatic rings. The molecule has 0 aliphatic carbocycles. The van der Waals surface area contributed by atoms with Gasteiger partial charge in [-0.2, -0.15) is 0 Å². The highest BCUT2D eigenvalue weighted by Gasteiger charge is 2.21. The predicted molar refractivity (Wildman–Crippen MR) is 310 cm³/mol.